The number of nitrogens with one attached hydrogen (secondary N) is 2. The zero-order valence-corrected chi connectivity index (χ0v) is 15.1. The number of aromatic nitrogens is 1. The van der Waals surface area contributed by atoms with Crippen molar-refractivity contribution in [1.29, 1.82) is 0 Å². The van der Waals surface area contributed by atoms with Crippen LogP contribution in [0.5, 0.6) is 0 Å². The van der Waals surface area contributed by atoms with Crippen molar-refractivity contribution < 1.29 is 14.5 Å². The lowest BCUT2D eigenvalue weighted by atomic mass is 10.2. The van der Waals surface area contributed by atoms with E-state index < -0.39 is 10.8 Å². The van der Waals surface area contributed by atoms with Crippen molar-refractivity contribution in [3.05, 3.63) is 69.0 Å². The van der Waals surface area contributed by atoms with Crippen molar-refractivity contribution in [2.45, 2.75) is 19.9 Å². The molecule has 0 fully saturated rings. The molecule has 2 aromatic rings. The summed E-state index contributed by atoms with van der Waals surface area (Å²) in [6.07, 6.45) is 3.29. The van der Waals surface area contributed by atoms with E-state index in [2.05, 4.69) is 20.8 Å². The van der Waals surface area contributed by atoms with Crippen molar-refractivity contribution in [3.8, 4) is 0 Å². The molecule has 0 saturated heterocycles. The predicted octanol–water partition coefficient (Wildman–Crippen LogP) is 2.46. The Hall–Kier alpha value is -3.33. The SMILES string of the molecule is C/C(CC(=O)NCc1cccnc1)=N\NC(=O)c1ccc([N+](=O)[O-])c(Cl)c1. The summed E-state index contributed by atoms with van der Waals surface area (Å²) in [5.41, 5.74) is 3.36. The summed E-state index contributed by atoms with van der Waals surface area (Å²) in [5.74, 6) is -0.852. The van der Waals surface area contributed by atoms with E-state index in [1.54, 1.807) is 25.4 Å². The van der Waals surface area contributed by atoms with Gasteiger partial charge in [0.15, 0.2) is 0 Å². The van der Waals surface area contributed by atoms with Crippen molar-refractivity contribution in [1.82, 2.24) is 15.7 Å². The Bertz CT molecular complexity index is 886. The van der Waals surface area contributed by atoms with Crippen molar-refractivity contribution in [2.75, 3.05) is 0 Å². The maximum absolute atomic E-state index is 12.0. The first-order chi connectivity index (χ1) is 12.9. The number of carbonyl (C=O) groups excluding carboxylic acids is 2. The van der Waals surface area contributed by atoms with E-state index in [0.29, 0.717) is 12.3 Å². The van der Waals surface area contributed by atoms with Crippen LogP contribution in [0.15, 0.2) is 47.8 Å². The topological polar surface area (TPSA) is 127 Å². The second-order valence-corrected chi connectivity index (χ2v) is 5.93. The molecule has 2 amide bonds. The minimum absolute atomic E-state index is 0.00155. The quantitative estimate of drug-likeness (QED) is 0.427. The smallest absolute Gasteiger partial charge is 0.287 e. The molecule has 9 nitrogen and oxygen atoms in total. The van der Waals surface area contributed by atoms with Gasteiger partial charge in [0.2, 0.25) is 5.91 Å². The van der Waals surface area contributed by atoms with Gasteiger partial charge in [0.25, 0.3) is 11.6 Å². The molecule has 1 aromatic heterocycles. The molecule has 0 unspecified atom stereocenters. The zero-order valence-electron chi connectivity index (χ0n) is 14.3. The number of pyridine rings is 1. The van der Waals surface area contributed by atoms with Gasteiger partial charge in [-0.3, -0.25) is 24.7 Å². The maximum atomic E-state index is 12.0. The van der Waals surface area contributed by atoms with Gasteiger partial charge < -0.3 is 5.32 Å². The highest BCUT2D eigenvalue weighted by atomic mass is 35.5. The van der Waals surface area contributed by atoms with Crippen LogP contribution >= 0.6 is 11.6 Å². The van der Waals surface area contributed by atoms with Gasteiger partial charge in [0.1, 0.15) is 5.02 Å². The maximum Gasteiger partial charge on any atom is 0.287 e. The molecular formula is C17H16ClN5O4. The lowest BCUT2D eigenvalue weighted by Crippen LogP contribution is -2.26. The van der Waals surface area contributed by atoms with E-state index in [1.165, 1.54) is 12.1 Å². The van der Waals surface area contributed by atoms with Gasteiger partial charge >= 0.3 is 0 Å². The summed E-state index contributed by atoms with van der Waals surface area (Å²) in [6.45, 7) is 1.93. The minimum Gasteiger partial charge on any atom is -0.352 e. The Morgan fingerprint density at radius 2 is 2.11 bits per heavy atom. The van der Waals surface area contributed by atoms with Gasteiger partial charge in [-0.25, -0.2) is 5.43 Å². The van der Waals surface area contributed by atoms with E-state index in [0.717, 1.165) is 11.6 Å². The fourth-order valence-electron chi connectivity index (χ4n) is 2.04. The first-order valence-corrected chi connectivity index (χ1v) is 8.17. The van der Waals surface area contributed by atoms with Crippen LogP contribution in [0.3, 0.4) is 0 Å². The highest BCUT2D eigenvalue weighted by molar-refractivity contribution is 6.33. The third-order valence-electron chi connectivity index (χ3n) is 3.38. The number of nitrogens with zero attached hydrogens (tertiary/aromatic N) is 3. The Labute approximate surface area is 159 Å². The lowest BCUT2D eigenvalue weighted by molar-refractivity contribution is -0.384. The van der Waals surface area contributed by atoms with E-state index in [1.807, 2.05) is 6.07 Å². The van der Waals surface area contributed by atoms with E-state index in [9.17, 15) is 19.7 Å². The Morgan fingerprint density at radius 3 is 2.74 bits per heavy atom. The Kier molecular flexibility index (Phi) is 6.95. The van der Waals surface area contributed by atoms with Crippen molar-refractivity contribution >= 4 is 34.8 Å². The molecule has 10 heteroatoms. The number of carbonyl (C=O) groups is 2. The van der Waals surface area contributed by atoms with Crippen LogP contribution in [0.4, 0.5) is 5.69 Å². The Morgan fingerprint density at radius 1 is 1.33 bits per heavy atom. The molecule has 2 N–H and O–H groups in total. The number of hydrogen-bond donors (Lipinski definition) is 2. The first-order valence-electron chi connectivity index (χ1n) is 7.80. The van der Waals surface area contributed by atoms with Crippen molar-refractivity contribution in [2.24, 2.45) is 5.10 Å². The average Bonchev–Trinajstić information content (AvgIpc) is 2.65. The molecule has 140 valence electrons. The van der Waals surface area contributed by atoms with Crippen LogP contribution in [0.1, 0.15) is 29.3 Å². The molecule has 1 aromatic carbocycles. The molecule has 0 aliphatic heterocycles. The molecule has 0 radical (unpaired) electrons. The summed E-state index contributed by atoms with van der Waals surface area (Å²) in [5, 5.41) is 17.1. The highest BCUT2D eigenvalue weighted by Gasteiger charge is 2.15. The van der Waals surface area contributed by atoms with Crippen molar-refractivity contribution in [3.63, 3.8) is 0 Å². The van der Waals surface area contributed by atoms with Crippen LogP contribution in [0.2, 0.25) is 5.02 Å². The van der Waals surface area contributed by atoms with Gasteiger partial charge in [-0.2, -0.15) is 5.10 Å². The summed E-state index contributed by atoms with van der Waals surface area (Å²) in [4.78, 5) is 37.9. The molecule has 0 saturated carbocycles. The normalized spacial score (nSPS) is 11.0. The zero-order chi connectivity index (χ0) is 19.8. The fraction of sp³-hybridized carbons (Fsp3) is 0.176. The molecule has 0 atom stereocenters. The molecule has 27 heavy (non-hydrogen) atoms. The second-order valence-electron chi connectivity index (χ2n) is 5.53. The third-order valence-corrected chi connectivity index (χ3v) is 3.69. The van der Waals surface area contributed by atoms with Crippen LogP contribution in [-0.2, 0) is 11.3 Å². The van der Waals surface area contributed by atoms with Crippen LogP contribution < -0.4 is 10.7 Å². The molecular weight excluding hydrogens is 374 g/mol. The standard InChI is InChI=1S/C17H16ClN5O4/c1-11(7-16(24)20-10-12-3-2-6-19-9-12)21-22-17(25)13-4-5-15(23(26)27)14(18)8-13/h2-6,8-9H,7,10H2,1H3,(H,20,24)(H,22,25)/b21-11+. The lowest BCUT2D eigenvalue weighted by Gasteiger charge is -2.06. The van der Waals surface area contributed by atoms with E-state index in [-0.39, 0.29) is 28.6 Å². The first kappa shape index (κ1) is 20.0. The molecule has 0 aliphatic carbocycles. The summed E-state index contributed by atoms with van der Waals surface area (Å²) in [7, 11) is 0. The average molecular weight is 390 g/mol. The molecule has 0 spiro atoms. The van der Waals surface area contributed by atoms with Crippen LogP contribution in [-0.4, -0.2) is 27.4 Å². The van der Waals surface area contributed by atoms with Gasteiger partial charge in [0.05, 0.1) is 11.3 Å². The summed E-state index contributed by atoms with van der Waals surface area (Å²) in [6, 6.07) is 7.20. The largest absolute Gasteiger partial charge is 0.352 e. The van der Waals surface area contributed by atoms with Gasteiger partial charge in [-0.1, -0.05) is 17.7 Å². The number of hydrogen-bond acceptors (Lipinski definition) is 6. The summed E-state index contributed by atoms with van der Waals surface area (Å²) < 4.78 is 0. The second kappa shape index (κ2) is 9.39. The highest BCUT2D eigenvalue weighted by Crippen LogP contribution is 2.24. The molecule has 1 heterocycles. The summed E-state index contributed by atoms with van der Waals surface area (Å²) >= 11 is 5.77. The Balaban J connectivity index is 1.87. The number of benzene rings is 1. The van der Waals surface area contributed by atoms with E-state index >= 15 is 0 Å². The fourth-order valence-corrected chi connectivity index (χ4v) is 2.29. The molecule has 0 aliphatic rings. The number of halogens is 1. The number of nitro groups is 1. The van der Waals surface area contributed by atoms with Crippen LogP contribution in [0.25, 0.3) is 0 Å². The van der Waals surface area contributed by atoms with Gasteiger partial charge in [-0.05, 0) is 30.7 Å². The number of rotatable bonds is 7. The monoisotopic (exact) mass is 389 g/mol. The molecule has 2 rings (SSSR count). The number of hydrazone groups is 1. The van der Waals surface area contributed by atoms with E-state index in [4.69, 9.17) is 11.6 Å². The predicted molar refractivity (Wildman–Crippen MR) is 99.4 cm³/mol. The number of nitro benzene ring substituents is 1. The minimum atomic E-state index is -0.642. The van der Waals surface area contributed by atoms with Crippen LogP contribution in [0, 0.1) is 10.1 Å². The molecule has 0 bridgehead atoms. The number of amides is 2. The van der Waals surface area contributed by atoms with Gasteiger partial charge in [0, 0.05) is 36.3 Å². The third kappa shape index (κ3) is 6.15. The van der Waals surface area contributed by atoms with Gasteiger partial charge in [-0.15, -0.1) is 0 Å².